The molecule has 3 rings (SSSR count). The Kier molecular flexibility index (Phi) is 5.84. The predicted molar refractivity (Wildman–Crippen MR) is 102 cm³/mol. The summed E-state index contributed by atoms with van der Waals surface area (Å²) in [6.45, 7) is 4.42. The highest BCUT2D eigenvalue weighted by molar-refractivity contribution is 7.89. The van der Waals surface area contributed by atoms with E-state index in [4.69, 9.17) is 35.4 Å². The number of sulfonamides is 1. The molecule has 2 aromatic rings. The number of aromatic nitrogens is 2. The lowest BCUT2D eigenvalue weighted by Crippen LogP contribution is -2.49. The first-order valence-electron chi connectivity index (χ1n) is 7.50. The number of halogens is 2. The third-order valence-corrected chi connectivity index (χ3v) is 8.00. The first kappa shape index (κ1) is 19.2. The molecule has 1 aromatic heterocycles. The van der Waals surface area contributed by atoms with Crippen LogP contribution in [0.25, 0.3) is 0 Å². The highest BCUT2D eigenvalue weighted by atomic mass is 35.5. The Morgan fingerprint density at radius 1 is 1.24 bits per heavy atom. The van der Waals surface area contributed by atoms with Gasteiger partial charge in [-0.05, 0) is 31.3 Å². The van der Waals surface area contributed by atoms with E-state index in [1.54, 1.807) is 16.8 Å². The van der Waals surface area contributed by atoms with Crippen LogP contribution >= 0.6 is 46.8 Å². The van der Waals surface area contributed by atoms with E-state index in [2.05, 4.69) is 10.00 Å². The molecule has 0 radical (unpaired) electrons. The molecule has 1 fully saturated rings. The van der Waals surface area contributed by atoms with E-state index in [9.17, 15) is 8.42 Å². The molecule has 0 amide bonds. The summed E-state index contributed by atoms with van der Waals surface area (Å²) >= 11 is 18.8. The Balaban J connectivity index is 1.70. The van der Waals surface area contributed by atoms with Crippen molar-refractivity contribution in [2.45, 2.75) is 18.5 Å². The molecule has 0 aliphatic carbocycles. The van der Waals surface area contributed by atoms with Gasteiger partial charge < -0.3 is 0 Å². The molecule has 1 aliphatic rings. The third-order valence-electron chi connectivity index (χ3n) is 3.91. The molecule has 1 aliphatic heterocycles. The largest absolute Gasteiger partial charge is 0.282 e. The molecule has 1 aromatic carbocycles. The highest BCUT2D eigenvalue weighted by Gasteiger charge is 2.30. The quantitative estimate of drug-likeness (QED) is 0.685. The van der Waals surface area contributed by atoms with Crippen LogP contribution in [0.5, 0.6) is 0 Å². The van der Waals surface area contributed by atoms with Crippen LogP contribution in [0.3, 0.4) is 0 Å². The van der Waals surface area contributed by atoms with Crippen molar-refractivity contribution in [1.29, 1.82) is 0 Å². The van der Waals surface area contributed by atoms with Crippen molar-refractivity contribution < 1.29 is 8.42 Å². The van der Waals surface area contributed by atoms with E-state index in [0.29, 0.717) is 32.8 Å². The van der Waals surface area contributed by atoms with Crippen molar-refractivity contribution in [2.75, 3.05) is 26.2 Å². The molecule has 0 N–H and O–H groups in total. The lowest BCUT2D eigenvalue weighted by atomic mass is 10.4. The molecule has 2 heterocycles. The van der Waals surface area contributed by atoms with E-state index in [-0.39, 0.29) is 14.9 Å². The second-order valence-corrected chi connectivity index (χ2v) is 10.1. The summed E-state index contributed by atoms with van der Waals surface area (Å²) in [5.41, 5.74) is 0. The van der Waals surface area contributed by atoms with Crippen molar-refractivity contribution >= 4 is 56.8 Å². The monoisotopic (exact) mass is 438 g/mol. The zero-order valence-electron chi connectivity index (χ0n) is 13.4. The van der Waals surface area contributed by atoms with Crippen molar-refractivity contribution in [1.82, 2.24) is 19.0 Å². The van der Waals surface area contributed by atoms with Gasteiger partial charge in [-0.25, -0.2) is 13.1 Å². The number of piperazine rings is 1. The SMILES string of the molecule is Cc1nn(CN2CCN(S(=O)(=O)c3cccc(Cl)c3Cl)CC2)c(=S)s1. The van der Waals surface area contributed by atoms with Crippen molar-refractivity contribution in [3.63, 3.8) is 0 Å². The zero-order valence-corrected chi connectivity index (χ0v) is 17.3. The van der Waals surface area contributed by atoms with Gasteiger partial charge in [0.1, 0.15) is 9.90 Å². The van der Waals surface area contributed by atoms with Crippen LogP contribution < -0.4 is 0 Å². The topological polar surface area (TPSA) is 58.4 Å². The Bertz CT molecular complexity index is 934. The summed E-state index contributed by atoms with van der Waals surface area (Å²) in [4.78, 5) is 2.17. The number of rotatable bonds is 4. The first-order valence-corrected chi connectivity index (χ1v) is 10.9. The van der Waals surface area contributed by atoms with Gasteiger partial charge in [0, 0.05) is 26.2 Å². The van der Waals surface area contributed by atoms with Gasteiger partial charge in [-0.2, -0.15) is 9.40 Å². The van der Waals surface area contributed by atoms with Gasteiger partial charge in [-0.1, -0.05) is 40.6 Å². The Morgan fingerprint density at radius 2 is 1.92 bits per heavy atom. The van der Waals surface area contributed by atoms with Crippen molar-refractivity contribution in [3.8, 4) is 0 Å². The fraction of sp³-hybridized carbons (Fsp3) is 0.429. The molecule has 1 saturated heterocycles. The molecule has 0 bridgehead atoms. The van der Waals surface area contributed by atoms with Crippen LogP contribution in [0.4, 0.5) is 0 Å². The van der Waals surface area contributed by atoms with Crippen LogP contribution in [-0.4, -0.2) is 53.6 Å². The lowest BCUT2D eigenvalue weighted by molar-refractivity contribution is 0.145. The summed E-state index contributed by atoms with van der Waals surface area (Å²) in [5.74, 6) is 0. The molecular weight excluding hydrogens is 423 g/mol. The summed E-state index contributed by atoms with van der Waals surface area (Å²) in [7, 11) is -3.67. The maximum absolute atomic E-state index is 12.8. The molecule has 25 heavy (non-hydrogen) atoms. The van der Waals surface area contributed by atoms with Gasteiger partial charge in [-0.3, -0.25) is 4.90 Å². The number of benzene rings is 1. The van der Waals surface area contributed by atoms with Crippen LogP contribution in [0.2, 0.25) is 10.0 Å². The third kappa shape index (κ3) is 4.08. The Hall–Kier alpha value is -0.550. The minimum atomic E-state index is -3.67. The van der Waals surface area contributed by atoms with E-state index >= 15 is 0 Å². The van der Waals surface area contributed by atoms with E-state index < -0.39 is 10.0 Å². The molecule has 136 valence electrons. The van der Waals surface area contributed by atoms with Crippen LogP contribution in [0, 0.1) is 10.9 Å². The molecular formula is C14H16Cl2N4O2S3. The molecule has 0 atom stereocenters. The second kappa shape index (κ2) is 7.59. The summed E-state index contributed by atoms with van der Waals surface area (Å²) in [6.07, 6.45) is 0. The fourth-order valence-corrected chi connectivity index (χ4v) is 5.84. The lowest BCUT2D eigenvalue weighted by Gasteiger charge is -2.33. The van der Waals surface area contributed by atoms with Crippen molar-refractivity contribution in [2.24, 2.45) is 0 Å². The minimum Gasteiger partial charge on any atom is -0.282 e. The van der Waals surface area contributed by atoms with Crippen LogP contribution in [-0.2, 0) is 16.7 Å². The van der Waals surface area contributed by atoms with E-state index in [0.717, 1.165) is 8.96 Å². The molecule has 0 saturated carbocycles. The fourth-order valence-electron chi connectivity index (χ4n) is 2.62. The maximum atomic E-state index is 12.8. The summed E-state index contributed by atoms with van der Waals surface area (Å²) in [6, 6.07) is 4.64. The van der Waals surface area contributed by atoms with Crippen LogP contribution in [0.1, 0.15) is 5.01 Å². The smallest absolute Gasteiger partial charge is 0.244 e. The maximum Gasteiger partial charge on any atom is 0.244 e. The van der Waals surface area contributed by atoms with E-state index in [1.807, 2.05) is 6.92 Å². The number of nitrogens with zero attached hydrogens (tertiary/aromatic N) is 4. The predicted octanol–water partition coefficient (Wildman–Crippen LogP) is 3.25. The Morgan fingerprint density at radius 3 is 2.52 bits per heavy atom. The molecule has 6 nitrogen and oxygen atoms in total. The standard InChI is InChI=1S/C14H16Cl2N4O2S3/c1-10-17-20(14(23)24-10)9-18-5-7-19(8-6-18)25(21,22)12-4-2-3-11(15)13(12)16/h2-4H,5-9H2,1H3. The van der Waals surface area contributed by atoms with Gasteiger partial charge in [0.15, 0.2) is 3.95 Å². The van der Waals surface area contributed by atoms with Gasteiger partial charge in [0.25, 0.3) is 0 Å². The number of hydrogen-bond acceptors (Lipinski definition) is 6. The van der Waals surface area contributed by atoms with Gasteiger partial charge in [0.2, 0.25) is 10.0 Å². The van der Waals surface area contributed by atoms with Gasteiger partial charge >= 0.3 is 0 Å². The average Bonchev–Trinajstić information content (AvgIpc) is 2.88. The van der Waals surface area contributed by atoms with Gasteiger partial charge in [-0.15, -0.1) is 0 Å². The average molecular weight is 439 g/mol. The first-order chi connectivity index (χ1) is 11.8. The normalized spacial score (nSPS) is 17.1. The zero-order chi connectivity index (χ0) is 18.2. The van der Waals surface area contributed by atoms with Crippen LogP contribution in [0.15, 0.2) is 23.1 Å². The molecule has 0 spiro atoms. The summed E-state index contributed by atoms with van der Waals surface area (Å²) in [5, 5.41) is 5.58. The number of hydrogen-bond donors (Lipinski definition) is 0. The molecule has 11 heteroatoms. The van der Waals surface area contributed by atoms with Gasteiger partial charge in [0.05, 0.1) is 16.7 Å². The molecule has 0 unspecified atom stereocenters. The van der Waals surface area contributed by atoms with Crippen molar-refractivity contribution in [3.05, 3.63) is 37.2 Å². The second-order valence-electron chi connectivity index (χ2n) is 5.60. The highest BCUT2D eigenvalue weighted by Crippen LogP contribution is 2.31. The summed E-state index contributed by atoms with van der Waals surface area (Å²) < 4.78 is 29.6. The minimum absolute atomic E-state index is 0.0486. The number of aryl methyl sites for hydroxylation is 1. The van der Waals surface area contributed by atoms with E-state index in [1.165, 1.54) is 21.7 Å². The Labute approximate surface area is 165 Å².